The lowest BCUT2D eigenvalue weighted by atomic mass is 10.1. The van der Waals surface area contributed by atoms with Gasteiger partial charge in [0.05, 0.1) is 5.56 Å². The molecule has 0 bridgehead atoms. The van der Waals surface area contributed by atoms with Crippen LogP contribution in [0.3, 0.4) is 0 Å². The van der Waals surface area contributed by atoms with Crippen molar-refractivity contribution in [3.05, 3.63) is 41.2 Å². The van der Waals surface area contributed by atoms with E-state index in [0.717, 1.165) is 18.2 Å². The summed E-state index contributed by atoms with van der Waals surface area (Å²) in [6, 6.07) is 3.12. The number of rotatable bonds is 3. The second-order valence-corrected chi connectivity index (χ2v) is 3.54. The summed E-state index contributed by atoms with van der Waals surface area (Å²) in [6.45, 7) is 1.38. The number of carbonyl (C=O) groups excluding carboxylic acids is 1. The summed E-state index contributed by atoms with van der Waals surface area (Å²) >= 11 is 0. The molecule has 0 fully saturated rings. The van der Waals surface area contributed by atoms with E-state index in [-0.39, 0.29) is 18.0 Å². The highest BCUT2D eigenvalue weighted by Gasteiger charge is 2.35. The second kappa shape index (κ2) is 5.66. The quantitative estimate of drug-likeness (QED) is 0.833. The predicted octanol–water partition coefficient (Wildman–Crippen LogP) is 2.99. The van der Waals surface area contributed by atoms with Crippen molar-refractivity contribution >= 4 is 12.0 Å². The van der Waals surface area contributed by atoms with E-state index in [1.54, 1.807) is 0 Å². The van der Waals surface area contributed by atoms with Crippen molar-refractivity contribution in [1.82, 2.24) is 5.32 Å². The first-order valence-electron chi connectivity index (χ1n) is 5.09. The molecule has 1 N–H and O–H groups in total. The van der Waals surface area contributed by atoms with Gasteiger partial charge >= 0.3 is 6.18 Å². The molecule has 1 aromatic carbocycles. The standard InChI is InChI=1S/C12H11F4NO/c1-8(18)17-7-3-5-9-4-2-6-10(13)11(9)12(14,15)16/h2-6H,7H2,1H3,(H,17,18). The third kappa shape index (κ3) is 3.87. The normalized spacial score (nSPS) is 11.8. The molecule has 6 heteroatoms. The third-order valence-electron chi connectivity index (χ3n) is 2.10. The number of benzene rings is 1. The van der Waals surface area contributed by atoms with E-state index < -0.39 is 17.6 Å². The van der Waals surface area contributed by atoms with Crippen LogP contribution in [-0.2, 0) is 11.0 Å². The molecule has 0 aliphatic carbocycles. The minimum atomic E-state index is -4.75. The lowest BCUT2D eigenvalue weighted by Gasteiger charge is -2.11. The molecule has 0 unspecified atom stereocenters. The van der Waals surface area contributed by atoms with Crippen LogP contribution in [0.1, 0.15) is 18.1 Å². The van der Waals surface area contributed by atoms with Gasteiger partial charge in [0, 0.05) is 13.5 Å². The number of nitrogens with one attached hydrogen (secondary N) is 1. The van der Waals surface area contributed by atoms with Crippen LogP contribution in [0.2, 0.25) is 0 Å². The molecule has 0 aliphatic heterocycles. The van der Waals surface area contributed by atoms with Crippen LogP contribution in [0, 0.1) is 5.82 Å². The fraction of sp³-hybridized carbons (Fsp3) is 0.250. The predicted molar refractivity (Wildman–Crippen MR) is 59.1 cm³/mol. The Morgan fingerprint density at radius 2 is 2.06 bits per heavy atom. The van der Waals surface area contributed by atoms with Crippen LogP contribution in [0.5, 0.6) is 0 Å². The smallest absolute Gasteiger partial charge is 0.353 e. The van der Waals surface area contributed by atoms with Crippen molar-refractivity contribution in [2.45, 2.75) is 13.1 Å². The molecule has 0 saturated heterocycles. The minimum Gasteiger partial charge on any atom is -0.353 e. The van der Waals surface area contributed by atoms with Gasteiger partial charge in [-0.15, -0.1) is 0 Å². The number of alkyl halides is 3. The molecule has 0 aliphatic rings. The topological polar surface area (TPSA) is 29.1 Å². The first-order valence-corrected chi connectivity index (χ1v) is 5.09. The molecule has 0 radical (unpaired) electrons. The Morgan fingerprint density at radius 3 is 2.61 bits per heavy atom. The van der Waals surface area contributed by atoms with Crippen LogP contribution >= 0.6 is 0 Å². The van der Waals surface area contributed by atoms with E-state index in [0.29, 0.717) is 0 Å². The van der Waals surface area contributed by atoms with Crippen molar-refractivity contribution in [3.8, 4) is 0 Å². The van der Waals surface area contributed by atoms with Gasteiger partial charge in [0.1, 0.15) is 5.82 Å². The van der Waals surface area contributed by atoms with Crippen molar-refractivity contribution in [3.63, 3.8) is 0 Å². The van der Waals surface area contributed by atoms with Gasteiger partial charge in [-0.1, -0.05) is 24.3 Å². The summed E-state index contributed by atoms with van der Waals surface area (Å²) in [5, 5.41) is 2.39. The Kier molecular flexibility index (Phi) is 4.47. The molecule has 1 aromatic rings. The highest BCUT2D eigenvalue weighted by atomic mass is 19.4. The Hall–Kier alpha value is -1.85. The average Bonchev–Trinajstić information content (AvgIpc) is 2.22. The van der Waals surface area contributed by atoms with Crippen LogP contribution in [0.15, 0.2) is 24.3 Å². The first kappa shape index (κ1) is 14.2. The largest absolute Gasteiger partial charge is 0.419 e. The molecule has 0 heterocycles. The summed E-state index contributed by atoms with van der Waals surface area (Å²) in [5.41, 5.74) is -1.57. The Morgan fingerprint density at radius 1 is 1.39 bits per heavy atom. The van der Waals surface area contributed by atoms with Crippen LogP contribution in [0.4, 0.5) is 17.6 Å². The Labute approximate surface area is 101 Å². The summed E-state index contributed by atoms with van der Waals surface area (Å²) < 4.78 is 51.0. The highest BCUT2D eigenvalue weighted by Crippen LogP contribution is 2.34. The van der Waals surface area contributed by atoms with Gasteiger partial charge in [0.25, 0.3) is 0 Å². The SMILES string of the molecule is CC(=O)NCC=Cc1cccc(F)c1C(F)(F)F. The molecule has 0 spiro atoms. The Bertz CT molecular complexity index is 466. The second-order valence-electron chi connectivity index (χ2n) is 3.54. The summed E-state index contributed by atoms with van der Waals surface area (Å²) in [4.78, 5) is 10.6. The van der Waals surface area contributed by atoms with E-state index in [2.05, 4.69) is 5.32 Å². The number of hydrogen-bond donors (Lipinski definition) is 1. The summed E-state index contributed by atoms with van der Waals surface area (Å²) in [6.07, 6.45) is -2.30. The van der Waals surface area contributed by atoms with Crippen molar-refractivity contribution in [2.24, 2.45) is 0 Å². The number of halogens is 4. The fourth-order valence-corrected chi connectivity index (χ4v) is 1.37. The molecule has 0 atom stereocenters. The first-order chi connectivity index (χ1) is 8.32. The van der Waals surface area contributed by atoms with E-state index >= 15 is 0 Å². The van der Waals surface area contributed by atoms with Crippen molar-refractivity contribution in [1.29, 1.82) is 0 Å². The molecule has 18 heavy (non-hydrogen) atoms. The molecular formula is C12H11F4NO. The van der Waals surface area contributed by atoms with Gasteiger partial charge in [-0.3, -0.25) is 4.79 Å². The van der Waals surface area contributed by atoms with Crippen LogP contribution in [-0.4, -0.2) is 12.5 Å². The molecule has 1 amide bonds. The van der Waals surface area contributed by atoms with Gasteiger partial charge in [-0.2, -0.15) is 13.2 Å². The van der Waals surface area contributed by atoms with E-state index in [9.17, 15) is 22.4 Å². The highest BCUT2D eigenvalue weighted by molar-refractivity contribution is 5.73. The monoisotopic (exact) mass is 261 g/mol. The van der Waals surface area contributed by atoms with Crippen LogP contribution in [0.25, 0.3) is 6.08 Å². The molecule has 2 nitrogen and oxygen atoms in total. The van der Waals surface area contributed by atoms with Gasteiger partial charge in [0.2, 0.25) is 5.91 Å². The van der Waals surface area contributed by atoms with E-state index in [1.165, 1.54) is 19.1 Å². The van der Waals surface area contributed by atoms with Gasteiger partial charge < -0.3 is 5.32 Å². The number of hydrogen-bond acceptors (Lipinski definition) is 1. The number of carbonyl (C=O) groups is 1. The van der Waals surface area contributed by atoms with E-state index in [1.807, 2.05) is 0 Å². The lowest BCUT2D eigenvalue weighted by molar-refractivity contribution is -0.140. The minimum absolute atomic E-state index is 0.0865. The Balaban J connectivity index is 2.96. The van der Waals surface area contributed by atoms with Gasteiger partial charge in [0.15, 0.2) is 0 Å². The van der Waals surface area contributed by atoms with E-state index in [4.69, 9.17) is 0 Å². The maximum atomic E-state index is 13.2. The fourth-order valence-electron chi connectivity index (χ4n) is 1.37. The average molecular weight is 261 g/mol. The third-order valence-corrected chi connectivity index (χ3v) is 2.10. The molecule has 0 saturated carbocycles. The van der Waals surface area contributed by atoms with Gasteiger partial charge in [-0.05, 0) is 11.6 Å². The maximum Gasteiger partial charge on any atom is 0.419 e. The molecule has 1 rings (SSSR count). The molecular weight excluding hydrogens is 250 g/mol. The van der Waals surface area contributed by atoms with Crippen molar-refractivity contribution in [2.75, 3.05) is 6.54 Å². The zero-order chi connectivity index (χ0) is 13.8. The van der Waals surface area contributed by atoms with Gasteiger partial charge in [-0.25, -0.2) is 4.39 Å². The lowest BCUT2D eigenvalue weighted by Crippen LogP contribution is -2.19. The van der Waals surface area contributed by atoms with Crippen molar-refractivity contribution < 1.29 is 22.4 Å². The molecule has 0 aromatic heterocycles. The maximum absolute atomic E-state index is 13.2. The molecule has 98 valence electrons. The van der Waals surface area contributed by atoms with Crippen LogP contribution < -0.4 is 5.32 Å². The summed E-state index contributed by atoms with van der Waals surface area (Å²) in [7, 11) is 0. The zero-order valence-electron chi connectivity index (χ0n) is 9.51. The summed E-state index contributed by atoms with van der Waals surface area (Å²) in [5.74, 6) is -1.61. The zero-order valence-corrected chi connectivity index (χ0v) is 9.51. The number of amides is 1.